The number of benzene rings is 1. The summed E-state index contributed by atoms with van der Waals surface area (Å²) in [6.45, 7) is 7.15. The number of rotatable bonds is 4. The summed E-state index contributed by atoms with van der Waals surface area (Å²) in [5, 5.41) is 10.4. The van der Waals surface area contributed by atoms with Crippen molar-refractivity contribution in [2.75, 3.05) is 32.8 Å². The van der Waals surface area contributed by atoms with Gasteiger partial charge in [0.1, 0.15) is 0 Å². The van der Waals surface area contributed by atoms with Gasteiger partial charge in [-0.2, -0.15) is 0 Å². The zero-order valence-electron chi connectivity index (χ0n) is 16.3. The Morgan fingerprint density at radius 2 is 1.85 bits per heavy atom. The fraction of sp³-hybridized carbons (Fsp3) is 0.619. The quantitative estimate of drug-likeness (QED) is 0.875. The lowest BCUT2D eigenvalue weighted by atomic mass is 9.87. The van der Waals surface area contributed by atoms with Crippen molar-refractivity contribution in [3.63, 3.8) is 0 Å². The summed E-state index contributed by atoms with van der Waals surface area (Å²) >= 11 is 0. The molecule has 3 rings (SSSR count). The van der Waals surface area contributed by atoms with Crippen molar-refractivity contribution in [3.8, 4) is 0 Å². The summed E-state index contributed by atoms with van der Waals surface area (Å²) in [6, 6.07) is 8.99. The van der Waals surface area contributed by atoms with Gasteiger partial charge in [0, 0.05) is 26.2 Å². The van der Waals surface area contributed by atoms with Gasteiger partial charge in [0.05, 0.1) is 18.6 Å². The minimum absolute atomic E-state index is 0.144. The third-order valence-corrected chi connectivity index (χ3v) is 5.52. The molecule has 2 aliphatic rings. The lowest BCUT2D eigenvalue weighted by Gasteiger charge is -2.41. The summed E-state index contributed by atoms with van der Waals surface area (Å²) in [5.74, 6) is 0.296. The van der Waals surface area contributed by atoms with Crippen LogP contribution in [0.3, 0.4) is 0 Å². The first-order valence-electron chi connectivity index (χ1n) is 9.84. The zero-order valence-corrected chi connectivity index (χ0v) is 16.3. The van der Waals surface area contributed by atoms with E-state index in [1.807, 2.05) is 23.1 Å². The van der Waals surface area contributed by atoms with Crippen LogP contribution in [0.4, 0.5) is 0 Å². The Balaban J connectivity index is 1.59. The standard InChI is InChI=1S/C21H30N2O4/c1-16(2)15-23-12-13-27-21(14-18(23)24)8-10-22(11-9-21)20(26)19(25)17-6-4-3-5-7-17/h3-7,16,19,25H,8-15H2,1-2H3/t19-/m1/s1. The molecule has 2 fully saturated rings. The first kappa shape index (κ1) is 19.8. The Bertz CT molecular complexity index is 653. The van der Waals surface area contributed by atoms with E-state index < -0.39 is 11.7 Å². The Kier molecular flexibility index (Phi) is 6.17. The van der Waals surface area contributed by atoms with Crippen LogP contribution >= 0.6 is 0 Å². The van der Waals surface area contributed by atoms with E-state index in [1.165, 1.54) is 0 Å². The highest BCUT2D eigenvalue weighted by Gasteiger charge is 2.42. The maximum absolute atomic E-state index is 12.7. The number of amides is 2. The molecule has 6 nitrogen and oxygen atoms in total. The van der Waals surface area contributed by atoms with Crippen molar-refractivity contribution in [2.45, 2.75) is 44.8 Å². The highest BCUT2D eigenvalue weighted by Crippen LogP contribution is 2.33. The van der Waals surface area contributed by atoms with Crippen LogP contribution in [0.15, 0.2) is 30.3 Å². The third-order valence-electron chi connectivity index (χ3n) is 5.52. The minimum atomic E-state index is -1.14. The largest absolute Gasteiger partial charge is 0.378 e. The summed E-state index contributed by atoms with van der Waals surface area (Å²) < 4.78 is 6.12. The number of piperidine rings is 1. The van der Waals surface area contributed by atoms with Gasteiger partial charge in [-0.1, -0.05) is 44.2 Å². The number of ether oxygens (including phenoxy) is 1. The molecule has 2 amide bonds. The van der Waals surface area contributed by atoms with E-state index in [1.54, 1.807) is 17.0 Å². The molecule has 1 spiro atoms. The number of aliphatic hydroxyl groups is 1. The second-order valence-electron chi connectivity index (χ2n) is 8.08. The van der Waals surface area contributed by atoms with Crippen LogP contribution in [0, 0.1) is 5.92 Å². The minimum Gasteiger partial charge on any atom is -0.378 e. The molecule has 2 aliphatic heterocycles. The molecule has 0 aliphatic carbocycles. The van der Waals surface area contributed by atoms with E-state index in [0.29, 0.717) is 57.0 Å². The molecule has 2 heterocycles. The summed E-state index contributed by atoms with van der Waals surface area (Å²) in [5.41, 5.74) is 0.130. The van der Waals surface area contributed by atoms with Crippen LogP contribution in [0.5, 0.6) is 0 Å². The third kappa shape index (κ3) is 4.68. The van der Waals surface area contributed by atoms with Crippen molar-refractivity contribution in [3.05, 3.63) is 35.9 Å². The summed E-state index contributed by atoms with van der Waals surface area (Å²) in [7, 11) is 0. The summed E-state index contributed by atoms with van der Waals surface area (Å²) in [6.07, 6.45) is 0.491. The number of carbonyl (C=O) groups is 2. The van der Waals surface area contributed by atoms with E-state index in [2.05, 4.69) is 13.8 Å². The molecule has 1 atom stereocenters. The SMILES string of the molecule is CC(C)CN1CCOC2(CCN(C(=O)[C@H](O)c3ccccc3)CC2)CC1=O. The van der Waals surface area contributed by atoms with E-state index >= 15 is 0 Å². The smallest absolute Gasteiger partial charge is 0.256 e. The predicted octanol–water partition coefficient (Wildman–Crippen LogP) is 1.99. The molecule has 0 bridgehead atoms. The molecule has 2 saturated heterocycles. The second-order valence-corrected chi connectivity index (χ2v) is 8.08. The van der Waals surface area contributed by atoms with Crippen molar-refractivity contribution < 1.29 is 19.4 Å². The van der Waals surface area contributed by atoms with Crippen LogP contribution in [-0.4, -0.2) is 65.1 Å². The maximum Gasteiger partial charge on any atom is 0.256 e. The Hall–Kier alpha value is -1.92. The van der Waals surface area contributed by atoms with Crippen LogP contribution in [-0.2, 0) is 14.3 Å². The van der Waals surface area contributed by atoms with Gasteiger partial charge in [-0.15, -0.1) is 0 Å². The fourth-order valence-corrected chi connectivity index (χ4v) is 3.98. The molecular weight excluding hydrogens is 344 g/mol. The van der Waals surface area contributed by atoms with Crippen LogP contribution < -0.4 is 0 Å². The lowest BCUT2D eigenvalue weighted by Crippen LogP contribution is -2.50. The number of hydrogen-bond donors (Lipinski definition) is 1. The fourth-order valence-electron chi connectivity index (χ4n) is 3.98. The van der Waals surface area contributed by atoms with Gasteiger partial charge in [-0.3, -0.25) is 9.59 Å². The van der Waals surface area contributed by atoms with Gasteiger partial charge in [0.25, 0.3) is 5.91 Å². The Morgan fingerprint density at radius 3 is 2.48 bits per heavy atom. The molecule has 6 heteroatoms. The average molecular weight is 374 g/mol. The number of aliphatic hydroxyl groups excluding tert-OH is 1. The highest BCUT2D eigenvalue weighted by molar-refractivity contribution is 5.82. The number of hydrogen-bond acceptors (Lipinski definition) is 4. The van der Waals surface area contributed by atoms with Crippen LogP contribution in [0.1, 0.15) is 44.8 Å². The Morgan fingerprint density at radius 1 is 1.19 bits per heavy atom. The van der Waals surface area contributed by atoms with Crippen molar-refractivity contribution in [2.24, 2.45) is 5.92 Å². The van der Waals surface area contributed by atoms with Crippen molar-refractivity contribution >= 4 is 11.8 Å². The van der Waals surface area contributed by atoms with Crippen LogP contribution in [0.2, 0.25) is 0 Å². The monoisotopic (exact) mass is 374 g/mol. The molecule has 27 heavy (non-hydrogen) atoms. The maximum atomic E-state index is 12.7. The first-order chi connectivity index (χ1) is 12.9. The second kappa shape index (κ2) is 8.40. The molecule has 1 aromatic rings. The zero-order chi connectivity index (χ0) is 19.4. The molecule has 148 valence electrons. The highest BCUT2D eigenvalue weighted by atomic mass is 16.5. The summed E-state index contributed by atoms with van der Waals surface area (Å²) in [4.78, 5) is 28.9. The average Bonchev–Trinajstić information content (AvgIpc) is 2.80. The van der Waals surface area contributed by atoms with Gasteiger partial charge in [0.2, 0.25) is 5.91 Å². The predicted molar refractivity (Wildman–Crippen MR) is 102 cm³/mol. The van der Waals surface area contributed by atoms with E-state index in [0.717, 1.165) is 6.54 Å². The lowest BCUT2D eigenvalue weighted by molar-refractivity contribution is -0.148. The van der Waals surface area contributed by atoms with Gasteiger partial charge in [0.15, 0.2) is 6.10 Å². The van der Waals surface area contributed by atoms with Gasteiger partial charge in [-0.25, -0.2) is 0 Å². The molecule has 0 radical (unpaired) electrons. The molecule has 1 N–H and O–H groups in total. The number of nitrogens with zero attached hydrogens (tertiary/aromatic N) is 2. The van der Waals surface area contributed by atoms with Crippen molar-refractivity contribution in [1.82, 2.24) is 9.80 Å². The van der Waals surface area contributed by atoms with Gasteiger partial charge < -0.3 is 19.6 Å². The normalized spacial score (nSPS) is 21.4. The number of likely N-dealkylation sites (tertiary alicyclic amines) is 1. The van der Waals surface area contributed by atoms with Crippen molar-refractivity contribution in [1.29, 1.82) is 0 Å². The first-order valence-corrected chi connectivity index (χ1v) is 9.84. The van der Waals surface area contributed by atoms with E-state index in [-0.39, 0.29) is 11.8 Å². The molecule has 0 aromatic heterocycles. The number of carbonyl (C=O) groups excluding carboxylic acids is 2. The topological polar surface area (TPSA) is 70.1 Å². The molecule has 0 unspecified atom stereocenters. The van der Waals surface area contributed by atoms with Gasteiger partial charge in [-0.05, 0) is 24.3 Å². The Labute approximate surface area is 161 Å². The van der Waals surface area contributed by atoms with Crippen LogP contribution in [0.25, 0.3) is 0 Å². The molecular formula is C21H30N2O4. The van der Waals surface area contributed by atoms with Gasteiger partial charge >= 0.3 is 0 Å². The molecule has 1 aromatic carbocycles. The van der Waals surface area contributed by atoms with E-state index in [9.17, 15) is 14.7 Å². The van der Waals surface area contributed by atoms with E-state index in [4.69, 9.17) is 4.74 Å². The molecule has 0 saturated carbocycles.